The van der Waals surface area contributed by atoms with Crippen LogP contribution < -0.4 is 0 Å². The Balaban J connectivity index is 3.55. The molecule has 0 aliphatic heterocycles. The summed E-state index contributed by atoms with van der Waals surface area (Å²) >= 11 is 2.13. The van der Waals surface area contributed by atoms with Crippen LogP contribution in [-0.4, -0.2) is 6.54 Å². The molecular weight excluding hydrogens is 217 g/mol. The Labute approximate surface area is 61.5 Å². The molecule has 0 atom stereocenters. The number of allylic oxidation sites excluding steroid dienone is 1. The molecule has 0 saturated heterocycles. The van der Waals surface area contributed by atoms with Crippen molar-refractivity contribution in [2.45, 2.75) is 6.92 Å². The molecule has 0 radical (unpaired) electrons. The molecule has 0 unspecified atom stereocenters. The lowest BCUT2D eigenvalue weighted by atomic mass is 10.5. The van der Waals surface area contributed by atoms with Gasteiger partial charge in [-0.25, -0.2) is 0 Å². The monoisotopic (exact) mass is 223 g/mol. The molecule has 0 N–H and O–H groups in total. The van der Waals surface area contributed by atoms with Gasteiger partial charge in [-0.15, -0.1) is 0 Å². The maximum atomic E-state index is 7.84. The van der Waals surface area contributed by atoms with E-state index >= 15 is 0 Å². The summed E-state index contributed by atoms with van der Waals surface area (Å²) < 4.78 is 1.07. The van der Waals surface area contributed by atoms with Gasteiger partial charge in [-0.3, -0.25) is 0 Å². The largest absolute Gasteiger partial charge is 0.0888 e. The highest BCUT2D eigenvalue weighted by Gasteiger charge is 1.81. The van der Waals surface area contributed by atoms with E-state index in [2.05, 4.69) is 32.6 Å². The van der Waals surface area contributed by atoms with E-state index in [9.17, 15) is 0 Å². The molecule has 0 aromatic carbocycles. The van der Waals surface area contributed by atoms with Crippen molar-refractivity contribution in [3.63, 3.8) is 0 Å². The first kappa shape index (κ1) is 7.78. The van der Waals surface area contributed by atoms with Crippen molar-refractivity contribution >= 4 is 22.6 Å². The lowest BCUT2D eigenvalue weighted by molar-refractivity contribution is 1.20. The SMILES string of the molecule is C/C=C(\I)CN=[N+]=[N-]. The maximum absolute atomic E-state index is 7.84. The highest BCUT2D eigenvalue weighted by Crippen LogP contribution is 2.04. The standard InChI is InChI=1S/C4H6IN3/c1-2-4(5)3-7-8-6/h2H,3H2,1H3/b4-2-. The molecule has 0 saturated carbocycles. The van der Waals surface area contributed by atoms with Gasteiger partial charge < -0.3 is 0 Å². The highest BCUT2D eigenvalue weighted by atomic mass is 127. The molecule has 0 rings (SSSR count). The van der Waals surface area contributed by atoms with Gasteiger partial charge in [0.2, 0.25) is 0 Å². The summed E-state index contributed by atoms with van der Waals surface area (Å²) in [5.41, 5.74) is 7.84. The number of hydrogen-bond donors (Lipinski definition) is 0. The topological polar surface area (TPSA) is 48.8 Å². The normalized spacial score (nSPS) is 10.5. The quantitative estimate of drug-likeness (QED) is 0.299. The second kappa shape index (κ2) is 4.93. The molecule has 0 fully saturated rings. The molecule has 0 aromatic heterocycles. The lowest BCUT2D eigenvalue weighted by Gasteiger charge is -1.83. The zero-order chi connectivity index (χ0) is 6.41. The minimum atomic E-state index is 0.480. The molecule has 44 valence electrons. The molecular formula is C4H6IN3. The van der Waals surface area contributed by atoms with Gasteiger partial charge in [0.15, 0.2) is 0 Å². The molecule has 0 amide bonds. The average Bonchev–Trinajstić information content (AvgIpc) is 1.83. The van der Waals surface area contributed by atoms with E-state index in [-0.39, 0.29) is 0 Å². The Morgan fingerprint density at radius 2 is 2.62 bits per heavy atom. The van der Waals surface area contributed by atoms with E-state index < -0.39 is 0 Å². The van der Waals surface area contributed by atoms with Crippen molar-refractivity contribution in [3.8, 4) is 0 Å². The Kier molecular flexibility index (Phi) is 4.79. The summed E-state index contributed by atoms with van der Waals surface area (Å²) in [6.45, 7) is 2.39. The number of azide groups is 1. The van der Waals surface area contributed by atoms with Crippen LogP contribution in [0.4, 0.5) is 0 Å². The molecule has 0 aliphatic rings. The summed E-state index contributed by atoms with van der Waals surface area (Å²) in [4.78, 5) is 2.60. The fourth-order valence-corrected chi connectivity index (χ4v) is 0.343. The van der Waals surface area contributed by atoms with Crippen LogP contribution in [0.25, 0.3) is 10.4 Å². The molecule has 0 aliphatic carbocycles. The first-order valence-electron chi connectivity index (χ1n) is 2.12. The number of rotatable bonds is 2. The van der Waals surface area contributed by atoms with E-state index in [0.717, 1.165) is 3.58 Å². The Morgan fingerprint density at radius 3 is 3.00 bits per heavy atom. The minimum absolute atomic E-state index is 0.480. The molecule has 0 heterocycles. The van der Waals surface area contributed by atoms with Gasteiger partial charge in [-0.1, -0.05) is 11.2 Å². The first-order valence-corrected chi connectivity index (χ1v) is 3.20. The predicted molar refractivity (Wildman–Crippen MR) is 41.8 cm³/mol. The molecule has 0 spiro atoms. The third-order valence-corrected chi connectivity index (χ3v) is 1.56. The Hall–Kier alpha value is -0.220. The molecule has 0 bridgehead atoms. The second-order valence-electron chi connectivity index (χ2n) is 1.12. The van der Waals surface area contributed by atoms with Crippen molar-refractivity contribution in [2.75, 3.05) is 6.54 Å². The number of nitrogens with zero attached hydrogens (tertiary/aromatic N) is 3. The van der Waals surface area contributed by atoms with Crippen LogP contribution in [-0.2, 0) is 0 Å². The van der Waals surface area contributed by atoms with Crippen LogP contribution in [0.2, 0.25) is 0 Å². The van der Waals surface area contributed by atoms with Crippen molar-refractivity contribution < 1.29 is 0 Å². The molecule has 0 aromatic rings. The van der Waals surface area contributed by atoms with Gasteiger partial charge in [-0.05, 0) is 38.6 Å². The lowest BCUT2D eigenvalue weighted by Crippen LogP contribution is -1.72. The molecule has 3 nitrogen and oxygen atoms in total. The van der Waals surface area contributed by atoms with Crippen LogP contribution in [0.15, 0.2) is 14.8 Å². The number of halogens is 1. The third-order valence-electron chi connectivity index (χ3n) is 0.598. The van der Waals surface area contributed by atoms with Crippen molar-refractivity contribution in [2.24, 2.45) is 5.11 Å². The summed E-state index contributed by atoms with van der Waals surface area (Å²) in [6, 6.07) is 0. The summed E-state index contributed by atoms with van der Waals surface area (Å²) in [5.74, 6) is 0. The van der Waals surface area contributed by atoms with Crippen LogP contribution in [0, 0.1) is 0 Å². The van der Waals surface area contributed by atoms with E-state index in [4.69, 9.17) is 5.53 Å². The van der Waals surface area contributed by atoms with E-state index in [1.807, 2.05) is 13.0 Å². The maximum Gasteiger partial charge on any atom is 0.0565 e. The summed E-state index contributed by atoms with van der Waals surface area (Å²) in [5, 5.41) is 3.35. The van der Waals surface area contributed by atoms with Crippen LogP contribution in [0.5, 0.6) is 0 Å². The smallest absolute Gasteiger partial charge is 0.0565 e. The fourth-order valence-electron chi connectivity index (χ4n) is 0.190. The van der Waals surface area contributed by atoms with Crippen molar-refractivity contribution in [3.05, 3.63) is 20.1 Å². The minimum Gasteiger partial charge on any atom is -0.0888 e. The summed E-state index contributed by atoms with van der Waals surface area (Å²) in [7, 11) is 0. The molecule has 8 heavy (non-hydrogen) atoms. The van der Waals surface area contributed by atoms with E-state index in [0.29, 0.717) is 6.54 Å². The van der Waals surface area contributed by atoms with Crippen LogP contribution in [0.3, 0.4) is 0 Å². The Bertz CT molecular complexity index is 134. The zero-order valence-electron chi connectivity index (χ0n) is 4.50. The van der Waals surface area contributed by atoms with Gasteiger partial charge in [-0.2, -0.15) is 0 Å². The third kappa shape index (κ3) is 3.95. The van der Waals surface area contributed by atoms with E-state index in [1.54, 1.807) is 0 Å². The van der Waals surface area contributed by atoms with Gasteiger partial charge >= 0.3 is 0 Å². The first-order chi connectivity index (χ1) is 3.81. The van der Waals surface area contributed by atoms with Crippen LogP contribution >= 0.6 is 22.6 Å². The average molecular weight is 223 g/mol. The van der Waals surface area contributed by atoms with Crippen LogP contribution in [0.1, 0.15) is 6.92 Å². The number of hydrogen-bond acceptors (Lipinski definition) is 1. The van der Waals surface area contributed by atoms with Gasteiger partial charge in [0.25, 0.3) is 0 Å². The van der Waals surface area contributed by atoms with Gasteiger partial charge in [0.05, 0.1) is 6.54 Å². The second-order valence-corrected chi connectivity index (χ2v) is 2.51. The predicted octanol–water partition coefficient (Wildman–Crippen LogP) is 2.64. The summed E-state index contributed by atoms with van der Waals surface area (Å²) in [6.07, 6.45) is 1.91. The van der Waals surface area contributed by atoms with Gasteiger partial charge in [0, 0.05) is 4.91 Å². The van der Waals surface area contributed by atoms with Crippen molar-refractivity contribution in [1.82, 2.24) is 0 Å². The highest BCUT2D eigenvalue weighted by molar-refractivity contribution is 14.1. The van der Waals surface area contributed by atoms with Crippen molar-refractivity contribution in [1.29, 1.82) is 0 Å². The van der Waals surface area contributed by atoms with Gasteiger partial charge in [0.1, 0.15) is 0 Å². The zero-order valence-corrected chi connectivity index (χ0v) is 6.66. The van der Waals surface area contributed by atoms with E-state index in [1.165, 1.54) is 0 Å². The fraction of sp³-hybridized carbons (Fsp3) is 0.500. The Morgan fingerprint density at radius 1 is 2.00 bits per heavy atom. The molecule has 4 heteroatoms.